The van der Waals surface area contributed by atoms with Crippen molar-refractivity contribution in [1.82, 2.24) is 4.90 Å². The van der Waals surface area contributed by atoms with Gasteiger partial charge in [-0.3, -0.25) is 4.90 Å². The molecule has 1 aromatic rings. The van der Waals surface area contributed by atoms with Crippen molar-refractivity contribution in [2.24, 2.45) is 0 Å². The molecule has 0 aliphatic heterocycles. The highest BCUT2D eigenvalue weighted by molar-refractivity contribution is 5.36. The van der Waals surface area contributed by atoms with Gasteiger partial charge in [-0.1, -0.05) is 32.8 Å². The van der Waals surface area contributed by atoms with Crippen LogP contribution in [0.15, 0.2) is 24.3 Å². The van der Waals surface area contributed by atoms with Gasteiger partial charge in [-0.25, -0.2) is 0 Å². The third-order valence-corrected chi connectivity index (χ3v) is 3.30. The second kappa shape index (κ2) is 10.3. The summed E-state index contributed by atoms with van der Waals surface area (Å²) in [5.74, 6) is 0.787. The summed E-state index contributed by atoms with van der Waals surface area (Å²) in [6.45, 7) is 8.39. The van der Waals surface area contributed by atoms with E-state index in [1.165, 1.54) is 25.7 Å². The van der Waals surface area contributed by atoms with Gasteiger partial charge in [0.25, 0.3) is 0 Å². The Balaban J connectivity index is 2.36. The second-order valence-corrected chi connectivity index (χ2v) is 5.04. The number of unbranched alkanes of at least 4 members (excludes halogenated alkanes) is 2. The van der Waals surface area contributed by atoms with Crippen LogP contribution in [0.3, 0.4) is 0 Å². The minimum absolute atomic E-state index is 0.649. The van der Waals surface area contributed by atoms with Crippen molar-refractivity contribution in [1.29, 1.82) is 5.26 Å². The SMILES string of the molecule is CCCCN(CCCC)CCOc1cccc(C#N)c1. The average Bonchev–Trinajstić information content (AvgIpc) is 2.49. The number of rotatable bonds is 10. The Morgan fingerprint density at radius 3 is 2.40 bits per heavy atom. The Kier molecular flexibility index (Phi) is 8.49. The zero-order valence-electron chi connectivity index (χ0n) is 12.8. The number of nitriles is 1. The first-order chi connectivity index (χ1) is 9.80. The molecule has 1 rings (SSSR count). The van der Waals surface area contributed by atoms with Crippen molar-refractivity contribution in [3.63, 3.8) is 0 Å². The predicted octanol–water partition coefficient (Wildman–Crippen LogP) is 3.84. The van der Waals surface area contributed by atoms with E-state index in [0.717, 1.165) is 25.4 Å². The molecule has 0 spiro atoms. The molecule has 0 aliphatic carbocycles. The molecule has 0 saturated carbocycles. The van der Waals surface area contributed by atoms with Gasteiger partial charge in [0, 0.05) is 6.54 Å². The normalized spacial score (nSPS) is 10.5. The van der Waals surface area contributed by atoms with E-state index in [-0.39, 0.29) is 0 Å². The molecule has 0 radical (unpaired) electrons. The predicted molar refractivity (Wildman–Crippen MR) is 82.9 cm³/mol. The molecule has 0 N–H and O–H groups in total. The van der Waals surface area contributed by atoms with E-state index in [4.69, 9.17) is 10.00 Å². The van der Waals surface area contributed by atoms with E-state index in [9.17, 15) is 0 Å². The molecular weight excluding hydrogens is 248 g/mol. The Bertz CT molecular complexity index is 404. The average molecular weight is 274 g/mol. The smallest absolute Gasteiger partial charge is 0.120 e. The topological polar surface area (TPSA) is 36.3 Å². The van der Waals surface area contributed by atoms with Gasteiger partial charge in [-0.2, -0.15) is 5.26 Å². The highest BCUT2D eigenvalue weighted by atomic mass is 16.5. The summed E-state index contributed by atoms with van der Waals surface area (Å²) < 4.78 is 5.75. The molecule has 1 aromatic carbocycles. The van der Waals surface area contributed by atoms with E-state index in [1.54, 1.807) is 12.1 Å². The summed E-state index contributed by atoms with van der Waals surface area (Å²) in [7, 11) is 0. The molecule has 0 fully saturated rings. The summed E-state index contributed by atoms with van der Waals surface area (Å²) in [5, 5.41) is 8.86. The summed E-state index contributed by atoms with van der Waals surface area (Å²) in [6, 6.07) is 9.49. The van der Waals surface area contributed by atoms with Crippen LogP contribution < -0.4 is 4.74 Å². The molecule has 0 amide bonds. The van der Waals surface area contributed by atoms with Crippen molar-refractivity contribution in [3.8, 4) is 11.8 Å². The number of hydrogen-bond donors (Lipinski definition) is 0. The third-order valence-electron chi connectivity index (χ3n) is 3.30. The Hall–Kier alpha value is -1.53. The highest BCUT2D eigenvalue weighted by Gasteiger charge is 2.04. The van der Waals surface area contributed by atoms with E-state index >= 15 is 0 Å². The summed E-state index contributed by atoms with van der Waals surface area (Å²) in [4.78, 5) is 2.47. The molecule has 3 nitrogen and oxygen atoms in total. The quantitative estimate of drug-likeness (QED) is 0.650. The van der Waals surface area contributed by atoms with E-state index in [1.807, 2.05) is 12.1 Å². The van der Waals surface area contributed by atoms with E-state index in [0.29, 0.717) is 12.2 Å². The van der Waals surface area contributed by atoms with Crippen LogP contribution in [0.1, 0.15) is 45.1 Å². The van der Waals surface area contributed by atoms with E-state index in [2.05, 4.69) is 24.8 Å². The van der Waals surface area contributed by atoms with Crippen LogP contribution >= 0.6 is 0 Å². The molecule has 0 atom stereocenters. The van der Waals surface area contributed by atoms with Crippen molar-refractivity contribution >= 4 is 0 Å². The minimum atomic E-state index is 0.649. The van der Waals surface area contributed by atoms with Gasteiger partial charge in [0.05, 0.1) is 11.6 Å². The number of nitrogens with zero attached hydrogens (tertiary/aromatic N) is 2. The van der Waals surface area contributed by atoms with Crippen LogP contribution in [0, 0.1) is 11.3 Å². The highest BCUT2D eigenvalue weighted by Crippen LogP contribution is 2.12. The number of hydrogen-bond acceptors (Lipinski definition) is 3. The number of benzene rings is 1. The zero-order valence-corrected chi connectivity index (χ0v) is 12.8. The number of ether oxygens (including phenoxy) is 1. The van der Waals surface area contributed by atoms with Crippen LogP contribution in [0.4, 0.5) is 0 Å². The molecule has 0 aromatic heterocycles. The maximum absolute atomic E-state index is 8.86. The molecule has 0 unspecified atom stereocenters. The molecule has 3 heteroatoms. The largest absolute Gasteiger partial charge is 0.492 e. The molecule has 20 heavy (non-hydrogen) atoms. The van der Waals surface area contributed by atoms with Crippen LogP contribution in [-0.2, 0) is 0 Å². The van der Waals surface area contributed by atoms with Crippen molar-refractivity contribution in [2.45, 2.75) is 39.5 Å². The maximum Gasteiger partial charge on any atom is 0.120 e. The molecule has 0 bridgehead atoms. The Morgan fingerprint density at radius 2 is 1.80 bits per heavy atom. The third kappa shape index (κ3) is 6.58. The lowest BCUT2D eigenvalue weighted by Gasteiger charge is -2.21. The summed E-state index contributed by atoms with van der Waals surface area (Å²) >= 11 is 0. The first-order valence-electron chi connectivity index (χ1n) is 7.65. The minimum Gasteiger partial charge on any atom is -0.492 e. The first kappa shape index (κ1) is 16.5. The second-order valence-electron chi connectivity index (χ2n) is 5.04. The zero-order chi connectivity index (χ0) is 14.6. The molecule has 0 aliphatic rings. The fourth-order valence-electron chi connectivity index (χ4n) is 2.05. The van der Waals surface area contributed by atoms with Gasteiger partial charge in [0.15, 0.2) is 0 Å². The summed E-state index contributed by atoms with van der Waals surface area (Å²) in [6.07, 6.45) is 4.95. The fourth-order valence-corrected chi connectivity index (χ4v) is 2.05. The molecule has 0 heterocycles. The van der Waals surface area contributed by atoms with Gasteiger partial charge >= 0.3 is 0 Å². The van der Waals surface area contributed by atoms with Gasteiger partial charge in [-0.15, -0.1) is 0 Å². The van der Waals surface area contributed by atoms with Crippen molar-refractivity contribution < 1.29 is 4.74 Å². The standard InChI is InChI=1S/C17H26N2O/c1-3-5-10-19(11-6-4-2)12-13-20-17-9-7-8-16(14-17)15-18/h7-9,14H,3-6,10-13H2,1-2H3. The monoisotopic (exact) mass is 274 g/mol. The van der Waals surface area contributed by atoms with Gasteiger partial charge in [0.2, 0.25) is 0 Å². The Morgan fingerprint density at radius 1 is 1.10 bits per heavy atom. The van der Waals surface area contributed by atoms with Crippen LogP contribution in [0.25, 0.3) is 0 Å². The van der Waals surface area contributed by atoms with Gasteiger partial charge < -0.3 is 4.74 Å². The maximum atomic E-state index is 8.86. The molecular formula is C17H26N2O. The Labute approximate surface area is 123 Å². The molecule has 110 valence electrons. The fraction of sp³-hybridized carbons (Fsp3) is 0.588. The van der Waals surface area contributed by atoms with E-state index < -0.39 is 0 Å². The van der Waals surface area contributed by atoms with Crippen molar-refractivity contribution in [3.05, 3.63) is 29.8 Å². The molecule has 0 saturated heterocycles. The first-order valence-corrected chi connectivity index (χ1v) is 7.65. The van der Waals surface area contributed by atoms with Gasteiger partial charge in [0.1, 0.15) is 12.4 Å². The van der Waals surface area contributed by atoms with Crippen LogP contribution in [0.2, 0.25) is 0 Å². The van der Waals surface area contributed by atoms with Crippen LogP contribution in [-0.4, -0.2) is 31.1 Å². The van der Waals surface area contributed by atoms with Crippen LogP contribution in [0.5, 0.6) is 5.75 Å². The van der Waals surface area contributed by atoms with Gasteiger partial charge in [-0.05, 0) is 44.1 Å². The lowest BCUT2D eigenvalue weighted by molar-refractivity contribution is 0.204. The van der Waals surface area contributed by atoms with Crippen molar-refractivity contribution in [2.75, 3.05) is 26.2 Å². The lowest BCUT2D eigenvalue weighted by Crippen LogP contribution is -2.30. The summed E-state index contributed by atoms with van der Waals surface area (Å²) in [5.41, 5.74) is 0.649. The lowest BCUT2D eigenvalue weighted by atomic mass is 10.2.